The Hall–Kier alpha value is -1.01. The summed E-state index contributed by atoms with van der Waals surface area (Å²) in [5, 5.41) is 3.23. The van der Waals surface area contributed by atoms with Gasteiger partial charge in [-0.15, -0.1) is 0 Å². The summed E-state index contributed by atoms with van der Waals surface area (Å²) in [6.45, 7) is 5.52. The second-order valence-corrected chi connectivity index (χ2v) is 5.32. The molecule has 1 aromatic rings. The molecule has 19 heavy (non-hydrogen) atoms. The molecule has 1 unspecified atom stereocenters. The van der Waals surface area contributed by atoms with Crippen LogP contribution in [0.25, 0.3) is 0 Å². The topological polar surface area (TPSA) is 50.3 Å². The van der Waals surface area contributed by atoms with Crippen molar-refractivity contribution in [3.63, 3.8) is 0 Å². The molecule has 5 nitrogen and oxygen atoms in total. The zero-order chi connectivity index (χ0) is 14.3. The molecule has 0 aromatic carbocycles. The van der Waals surface area contributed by atoms with Crippen LogP contribution >= 0.6 is 11.8 Å². The Kier molecular flexibility index (Phi) is 6.94. The summed E-state index contributed by atoms with van der Waals surface area (Å²) in [7, 11) is 3.72. The van der Waals surface area contributed by atoms with Crippen LogP contribution in [0.2, 0.25) is 0 Å². The zero-order valence-corrected chi connectivity index (χ0v) is 13.3. The number of rotatable bonds is 8. The lowest BCUT2D eigenvalue weighted by molar-refractivity contribution is 0.178. The molecule has 0 aliphatic carbocycles. The zero-order valence-electron chi connectivity index (χ0n) is 12.4. The number of ether oxygens (including phenoxy) is 1. The van der Waals surface area contributed by atoms with E-state index >= 15 is 0 Å². The minimum absolute atomic E-state index is 0.426. The van der Waals surface area contributed by atoms with Gasteiger partial charge >= 0.3 is 0 Å². The van der Waals surface area contributed by atoms with Crippen molar-refractivity contribution >= 4 is 23.4 Å². The van der Waals surface area contributed by atoms with Crippen LogP contribution in [-0.4, -0.2) is 48.7 Å². The highest BCUT2D eigenvalue weighted by atomic mass is 32.2. The van der Waals surface area contributed by atoms with Crippen molar-refractivity contribution in [2.24, 2.45) is 0 Å². The molecule has 1 aromatic heterocycles. The van der Waals surface area contributed by atoms with Crippen LogP contribution in [0.15, 0.2) is 6.07 Å². The van der Waals surface area contributed by atoms with Gasteiger partial charge in [0.2, 0.25) is 0 Å². The number of aromatic nitrogens is 2. The fourth-order valence-corrected chi connectivity index (χ4v) is 2.41. The number of hydrogen-bond donors (Lipinski definition) is 1. The van der Waals surface area contributed by atoms with Crippen molar-refractivity contribution in [1.82, 2.24) is 9.97 Å². The molecular weight excluding hydrogens is 260 g/mol. The summed E-state index contributed by atoms with van der Waals surface area (Å²) in [5.74, 6) is 3.55. The minimum atomic E-state index is 0.426. The van der Waals surface area contributed by atoms with Gasteiger partial charge in [0.25, 0.3) is 0 Å². The summed E-state index contributed by atoms with van der Waals surface area (Å²) < 4.78 is 5.13. The molecule has 108 valence electrons. The van der Waals surface area contributed by atoms with E-state index in [1.807, 2.05) is 17.8 Å². The number of nitrogens with zero attached hydrogens (tertiary/aromatic N) is 3. The van der Waals surface area contributed by atoms with Gasteiger partial charge in [0, 0.05) is 38.6 Å². The third-order valence-electron chi connectivity index (χ3n) is 2.82. The Bertz CT molecular complexity index is 365. The quantitative estimate of drug-likeness (QED) is 0.790. The second-order valence-electron chi connectivity index (χ2n) is 4.41. The summed E-state index contributed by atoms with van der Waals surface area (Å²) in [6, 6.07) is 2.41. The maximum absolute atomic E-state index is 5.13. The minimum Gasteiger partial charge on any atom is -0.377 e. The van der Waals surface area contributed by atoms with Crippen molar-refractivity contribution < 1.29 is 4.74 Å². The first kappa shape index (κ1) is 16.0. The fourth-order valence-electron chi connectivity index (χ4n) is 1.71. The molecule has 6 heteroatoms. The van der Waals surface area contributed by atoms with E-state index in [1.165, 1.54) is 0 Å². The van der Waals surface area contributed by atoms with Gasteiger partial charge in [-0.2, -0.15) is 11.8 Å². The van der Waals surface area contributed by atoms with Gasteiger partial charge in [0.1, 0.15) is 18.2 Å². The van der Waals surface area contributed by atoms with Gasteiger partial charge in [-0.3, -0.25) is 0 Å². The average Bonchev–Trinajstić information content (AvgIpc) is 2.38. The third kappa shape index (κ3) is 4.87. The Morgan fingerprint density at radius 1 is 1.47 bits per heavy atom. The molecule has 0 bridgehead atoms. The van der Waals surface area contributed by atoms with E-state index in [2.05, 4.69) is 47.3 Å². The molecule has 1 atom stereocenters. The smallest absolute Gasteiger partial charge is 0.158 e. The maximum Gasteiger partial charge on any atom is 0.158 e. The molecule has 0 fully saturated rings. The Balaban J connectivity index is 2.96. The van der Waals surface area contributed by atoms with Crippen LogP contribution in [0.4, 0.5) is 11.6 Å². The van der Waals surface area contributed by atoms with Gasteiger partial charge in [-0.1, -0.05) is 0 Å². The highest BCUT2D eigenvalue weighted by Crippen LogP contribution is 2.18. The van der Waals surface area contributed by atoms with Crippen molar-refractivity contribution in [3.8, 4) is 0 Å². The van der Waals surface area contributed by atoms with E-state index in [1.54, 1.807) is 7.11 Å². The van der Waals surface area contributed by atoms with Crippen LogP contribution in [0.1, 0.15) is 19.7 Å². The van der Waals surface area contributed by atoms with Crippen molar-refractivity contribution in [1.29, 1.82) is 0 Å². The van der Waals surface area contributed by atoms with E-state index < -0.39 is 0 Å². The first-order chi connectivity index (χ1) is 9.12. The first-order valence-electron chi connectivity index (χ1n) is 6.44. The molecule has 1 rings (SSSR count). The highest BCUT2D eigenvalue weighted by Gasteiger charge is 2.13. The normalized spacial score (nSPS) is 12.3. The third-order valence-corrected chi connectivity index (χ3v) is 3.64. The van der Waals surface area contributed by atoms with E-state index in [0.29, 0.717) is 18.5 Å². The monoisotopic (exact) mass is 284 g/mol. The molecule has 0 saturated heterocycles. The van der Waals surface area contributed by atoms with Crippen LogP contribution in [0, 0.1) is 0 Å². The van der Waals surface area contributed by atoms with Crippen molar-refractivity contribution in [2.45, 2.75) is 26.5 Å². The largest absolute Gasteiger partial charge is 0.377 e. The molecule has 0 aliphatic rings. The molecule has 1 heterocycles. The Labute approximate surface area is 120 Å². The first-order valence-corrected chi connectivity index (χ1v) is 7.84. The van der Waals surface area contributed by atoms with Crippen LogP contribution in [-0.2, 0) is 11.3 Å². The van der Waals surface area contributed by atoms with E-state index in [9.17, 15) is 0 Å². The van der Waals surface area contributed by atoms with Crippen molar-refractivity contribution in [3.05, 3.63) is 11.9 Å². The van der Waals surface area contributed by atoms with Crippen LogP contribution in [0.5, 0.6) is 0 Å². The molecule has 0 aliphatic heterocycles. The van der Waals surface area contributed by atoms with E-state index in [4.69, 9.17) is 4.74 Å². The Morgan fingerprint density at radius 2 is 2.21 bits per heavy atom. The molecule has 0 saturated carbocycles. The van der Waals surface area contributed by atoms with Gasteiger partial charge in [0.15, 0.2) is 5.82 Å². The summed E-state index contributed by atoms with van der Waals surface area (Å²) in [5.41, 5.74) is 0. The lowest BCUT2D eigenvalue weighted by Gasteiger charge is -2.26. The number of methoxy groups -OCH3 is 1. The number of anilines is 2. The van der Waals surface area contributed by atoms with Gasteiger partial charge in [-0.25, -0.2) is 9.97 Å². The molecule has 0 spiro atoms. The molecular formula is C13H24N4OS. The summed E-state index contributed by atoms with van der Waals surface area (Å²) >= 11 is 1.84. The maximum atomic E-state index is 5.13. The average molecular weight is 284 g/mol. The SMILES string of the molecule is CCNc1cc(N(C)C(C)CSC)nc(COC)n1. The lowest BCUT2D eigenvalue weighted by Crippen LogP contribution is -2.32. The second kappa shape index (κ2) is 8.22. The Morgan fingerprint density at radius 3 is 2.79 bits per heavy atom. The summed E-state index contributed by atoms with van der Waals surface area (Å²) in [4.78, 5) is 11.1. The van der Waals surface area contributed by atoms with E-state index in [0.717, 1.165) is 23.9 Å². The molecule has 0 radical (unpaired) electrons. The number of nitrogens with one attached hydrogen (secondary N) is 1. The fraction of sp³-hybridized carbons (Fsp3) is 0.692. The van der Waals surface area contributed by atoms with Crippen molar-refractivity contribution in [2.75, 3.05) is 42.9 Å². The summed E-state index contributed by atoms with van der Waals surface area (Å²) in [6.07, 6.45) is 2.12. The van der Waals surface area contributed by atoms with Gasteiger partial charge in [0.05, 0.1) is 0 Å². The molecule has 0 amide bonds. The van der Waals surface area contributed by atoms with Crippen LogP contribution in [0.3, 0.4) is 0 Å². The van der Waals surface area contributed by atoms with Crippen LogP contribution < -0.4 is 10.2 Å². The molecule has 1 N–H and O–H groups in total. The lowest BCUT2D eigenvalue weighted by atomic mass is 10.3. The highest BCUT2D eigenvalue weighted by molar-refractivity contribution is 7.98. The van der Waals surface area contributed by atoms with Gasteiger partial charge in [-0.05, 0) is 20.1 Å². The predicted molar refractivity (Wildman–Crippen MR) is 83.2 cm³/mol. The predicted octanol–water partition coefficient (Wildman–Crippen LogP) is 2.24. The van der Waals surface area contributed by atoms with Gasteiger partial charge < -0.3 is 15.0 Å². The number of hydrogen-bond acceptors (Lipinski definition) is 6. The van der Waals surface area contributed by atoms with E-state index in [-0.39, 0.29) is 0 Å². The number of thioether (sulfide) groups is 1. The standard InChI is InChI=1S/C13H24N4OS/c1-6-14-11-7-13(16-12(15-11)8-18-4)17(3)10(2)9-19-5/h7,10H,6,8-9H2,1-5H3,(H,14,15,16).